The molecule has 0 aliphatic carbocycles. The quantitative estimate of drug-likeness (QED) is 0.0626. The number of unbranched alkanes of at least 4 members (excludes halogenated alkanes) is 2. The molecule has 3 aromatic rings. The van der Waals surface area contributed by atoms with Gasteiger partial charge in [0.25, 0.3) is 11.8 Å². The molecule has 10 heteroatoms. The van der Waals surface area contributed by atoms with Crippen LogP contribution in [-0.2, 0) is 36.8 Å². The Morgan fingerprint density at radius 3 is 1.67 bits per heavy atom. The normalized spacial score (nSPS) is 13.9. The first-order chi connectivity index (χ1) is 21.6. The number of carbonyl (C=O) groups excluding carboxylic acids is 4. The molecule has 0 spiro atoms. The third-order valence-corrected chi connectivity index (χ3v) is 9.19. The number of rotatable bonds is 16. The average molecular weight is 633 g/mol. The fourth-order valence-corrected chi connectivity index (χ4v) is 6.87. The molecule has 0 aromatic heterocycles. The summed E-state index contributed by atoms with van der Waals surface area (Å²) in [6.07, 6.45) is 1.32. The maximum Gasteiger partial charge on any atom is 0.510 e. The highest BCUT2D eigenvalue weighted by molar-refractivity contribution is 7.39. The van der Waals surface area contributed by atoms with Gasteiger partial charge in [-0.15, -0.1) is 0 Å². The monoisotopic (exact) mass is 632 g/mol. The highest BCUT2D eigenvalue weighted by Crippen LogP contribution is 2.47. The fourth-order valence-electron chi connectivity index (χ4n) is 5.78. The summed E-state index contributed by atoms with van der Waals surface area (Å²) in [7, 11) is -3.02. The zero-order valence-corrected chi connectivity index (χ0v) is 26.5. The molecule has 1 aliphatic heterocycles. The standard InChI is InChI=1S/C35H38NO8P/c1-25(2)22-35(33(39)43-23-26-14-6-3-7-15-26,34(40)44-24-27-16-8-4-9-17-27)30(45(41)42)20-10-5-13-21-36-31(37)28-18-11-12-19-29(28)32(36)38/h3-4,6-9,11-12,14-19,25,30H,5,10,13,20-24H2,1-2H3/p+1. The van der Waals surface area contributed by atoms with Crippen molar-refractivity contribution in [2.24, 2.45) is 11.3 Å². The predicted octanol–water partition coefficient (Wildman–Crippen LogP) is 6.47. The molecule has 1 heterocycles. The van der Waals surface area contributed by atoms with E-state index in [9.17, 15) is 28.6 Å². The van der Waals surface area contributed by atoms with Crippen LogP contribution in [0.3, 0.4) is 0 Å². The van der Waals surface area contributed by atoms with Gasteiger partial charge in [0, 0.05) is 6.54 Å². The van der Waals surface area contributed by atoms with Crippen LogP contribution in [0.15, 0.2) is 84.9 Å². The van der Waals surface area contributed by atoms with Gasteiger partial charge in [0.15, 0.2) is 0 Å². The number of hydrogen-bond donors (Lipinski definition) is 1. The van der Waals surface area contributed by atoms with Gasteiger partial charge in [-0.3, -0.25) is 24.1 Å². The van der Waals surface area contributed by atoms with E-state index in [1.165, 1.54) is 4.90 Å². The highest BCUT2D eigenvalue weighted by Gasteiger charge is 2.63. The van der Waals surface area contributed by atoms with Crippen LogP contribution in [0.4, 0.5) is 0 Å². The maximum atomic E-state index is 14.0. The third kappa shape index (κ3) is 8.10. The van der Waals surface area contributed by atoms with Crippen molar-refractivity contribution in [3.05, 3.63) is 107 Å². The lowest BCUT2D eigenvalue weighted by Crippen LogP contribution is -2.50. The van der Waals surface area contributed by atoms with E-state index in [4.69, 9.17) is 9.47 Å². The SMILES string of the molecule is CC(C)CC(C(=O)OCc1ccccc1)(C(=O)OCc1ccccc1)C(CCCCCN1C(=O)c2ccccc2C1=O)[P+](=O)O. The summed E-state index contributed by atoms with van der Waals surface area (Å²) in [4.78, 5) is 65.2. The summed E-state index contributed by atoms with van der Waals surface area (Å²) in [5.74, 6) is -2.70. The molecule has 4 rings (SSSR count). The lowest BCUT2D eigenvalue weighted by molar-refractivity contribution is -0.176. The molecule has 0 fully saturated rings. The molecule has 236 valence electrons. The Labute approximate surface area is 264 Å². The van der Waals surface area contributed by atoms with E-state index in [-0.39, 0.29) is 50.3 Å². The van der Waals surface area contributed by atoms with Crippen molar-refractivity contribution in [3.8, 4) is 0 Å². The number of hydrogen-bond acceptors (Lipinski definition) is 7. The van der Waals surface area contributed by atoms with E-state index in [1.54, 1.807) is 72.8 Å². The van der Waals surface area contributed by atoms with Crippen molar-refractivity contribution < 1.29 is 38.1 Å². The molecule has 1 N–H and O–H groups in total. The van der Waals surface area contributed by atoms with Crippen LogP contribution in [0.25, 0.3) is 0 Å². The minimum absolute atomic E-state index is 0.0460. The average Bonchev–Trinajstić information content (AvgIpc) is 3.28. The van der Waals surface area contributed by atoms with Gasteiger partial charge in [0.2, 0.25) is 11.1 Å². The summed E-state index contributed by atoms with van der Waals surface area (Å²) in [6, 6.07) is 24.7. The highest BCUT2D eigenvalue weighted by atomic mass is 31.1. The maximum absolute atomic E-state index is 14.0. The predicted molar refractivity (Wildman–Crippen MR) is 168 cm³/mol. The zero-order valence-electron chi connectivity index (χ0n) is 25.6. The second kappa shape index (κ2) is 15.7. The van der Waals surface area contributed by atoms with Gasteiger partial charge in [-0.25, -0.2) is 0 Å². The molecule has 0 saturated heterocycles. The Morgan fingerprint density at radius 1 is 0.756 bits per heavy atom. The van der Waals surface area contributed by atoms with Crippen molar-refractivity contribution >= 4 is 31.8 Å². The molecule has 1 aliphatic rings. The first-order valence-electron chi connectivity index (χ1n) is 15.2. The Morgan fingerprint density at radius 2 is 1.22 bits per heavy atom. The van der Waals surface area contributed by atoms with Gasteiger partial charge in [-0.05, 0) is 59.4 Å². The molecule has 0 radical (unpaired) electrons. The van der Waals surface area contributed by atoms with Gasteiger partial charge < -0.3 is 9.47 Å². The van der Waals surface area contributed by atoms with Crippen LogP contribution in [0.1, 0.15) is 77.8 Å². The molecule has 3 aromatic carbocycles. The van der Waals surface area contributed by atoms with Crippen LogP contribution >= 0.6 is 8.03 Å². The number of imide groups is 1. The van der Waals surface area contributed by atoms with Crippen LogP contribution < -0.4 is 0 Å². The number of nitrogens with zero attached hydrogens (tertiary/aromatic N) is 1. The lowest BCUT2D eigenvalue weighted by Gasteiger charge is -2.32. The number of esters is 2. The summed E-state index contributed by atoms with van der Waals surface area (Å²) < 4.78 is 24.4. The molecule has 2 atom stereocenters. The summed E-state index contributed by atoms with van der Waals surface area (Å²) in [5.41, 5.74) is -1.13. The summed E-state index contributed by atoms with van der Waals surface area (Å²) in [5, 5.41) is 0. The topological polar surface area (TPSA) is 127 Å². The van der Waals surface area contributed by atoms with Crippen molar-refractivity contribution in [2.45, 2.75) is 64.8 Å². The molecule has 2 unspecified atom stereocenters. The van der Waals surface area contributed by atoms with Crippen LogP contribution in [0.5, 0.6) is 0 Å². The summed E-state index contributed by atoms with van der Waals surface area (Å²) >= 11 is 0. The number of ether oxygens (including phenoxy) is 2. The van der Waals surface area contributed by atoms with Crippen LogP contribution in [0.2, 0.25) is 0 Å². The number of amides is 2. The van der Waals surface area contributed by atoms with E-state index in [0.717, 1.165) is 0 Å². The first-order valence-corrected chi connectivity index (χ1v) is 16.5. The summed E-state index contributed by atoms with van der Waals surface area (Å²) in [6.45, 7) is 3.62. The second-order valence-corrected chi connectivity index (χ2v) is 12.9. The molecule has 45 heavy (non-hydrogen) atoms. The van der Waals surface area contributed by atoms with E-state index in [2.05, 4.69) is 0 Å². The van der Waals surface area contributed by atoms with E-state index in [0.29, 0.717) is 41.5 Å². The molecule has 9 nitrogen and oxygen atoms in total. The largest absolute Gasteiger partial charge is 0.510 e. The van der Waals surface area contributed by atoms with Crippen molar-refractivity contribution in [1.82, 2.24) is 4.90 Å². The fraction of sp³-hybridized carbons (Fsp3) is 0.371. The lowest BCUT2D eigenvalue weighted by atomic mass is 9.75. The Bertz CT molecular complexity index is 1420. The smallest absolute Gasteiger partial charge is 0.460 e. The van der Waals surface area contributed by atoms with Gasteiger partial charge in [-0.2, -0.15) is 4.89 Å². The number of fused-ring (bicyclic) bond motifs is 1. The van der Waals surface area contributed by atoms with Gasteiger partial charge in [0.1, 0.15) is 13.2 Å². The Balaban J connectivity index is 1.51. The van der Waals surface area contributed by atoms with Crippen molar-refractivity contribution in [3.63, 3.8) is 0 Å². The van der Waals surface area contributed by atoms with Gasteiger partial charge in [-0.1, -0.05) is 93.1 Å². The number of carbonyl (C=O) groups is 4. The second-order valence-electron chi connectivity index (χ2n) is 11.7. The molecule has 2 amide bonds. The van der Waals surface area contributed by atoms with Gasteiger partial charge in [0.05, 0.1) is 11.1 Å². The van der Waals surface area contributed by atoms with Gasteiger partial charge >= 0.3 is 20.0 Å². The minimum atomic E-state index is -3.02. The molecular formula is C35H39NO8P+. The third-order valence-electron chi connectivity index (χ3n) is 7.96. The van der Waals surface area contributed by atoms with E-state index >= 15 is 0 Å². The van der Waals surface area contributed by atoms with E-state index in [1.807, 2.05) is 26.0 Å². The van der Waals surface area contributed by atoms with Crippen molar-refractivity contribution in [1.29, 1.82) is 0 Å². The minimum Gasteiger partial charge on any atom is -0.460 e. The van der Waals surface area contributed by atoms with Crippen LogP contribution in [0, 0.1) is 11.3 Å². The molecule has 0 saturated carbocycles. The number of benzene rings is 3. The van der Waals surface area contributed by atoms with Crippen LogP contribution in [-0.4, -0.2) is 45.8 Å². The van der Waals surface area contributed by atoms with Crippen molar-refractivity contribution in [2.75, 3.05) is 6.54 Å². The van der Waals surface area contributed by atoms with E-state index < -0.39 is 31.0 Å². The first kappa shape index (κ1) is 33.7. The zero-order chi connectivity index (χ0) is 32.4. The Kier molecular flexibility index (Phi) is 11.7. The molecular weight excluding hydrogens is 593 g/mol. The molecule has 0 bridgehead atoms. The Hall–Kier alpha value is -4.20.